The normalized spacial score (nSPS) is 11.6. The number of aromatic nitrogens is 5. The highest BCUT2D eigenvalue weighted by molar-refractivity contribution is 5.75. The summed E-state index contributed by atoms with van der Waals surface area (Å²) in [6.07, 6.45) is 8.59. The molecule has 3 heterocycles. The fraction of sp³-hybridized carbons (Fsp3) is 0.333. The van der Waals surface area contributed by atoms with Crippen molar-refractivity contribution in [2.75, 3.05) is 0 Å². The quantitative estimate of drug-likeness (QED) is 0.746. The van der Waals surface area contributed by atoms with Crippen LogP contribution in [0, 0.1) is 0 Å². The molecular formula is C18H21N5O2. The third-order valence-electron chi connectivity index (χ3n) is 3.91. The third-order valence-corrected chi connectivity index (χ3v) is 3.91. The van der Waals surface area contributed by atoms with Gasteiger partial charge in [-0.05, 0) is 36.6 Å². The van der Waals surface area contributed by atoms with Crippen LogP contribution >= 0.6 is 0 Å². The van der Waals surface area contributed by atoms with E-state index in [2.05, 4.69) is 15.0 Å². The number of aromatic amines is 1. The van der Waals surface area contributed by atoms with Crippen molar-refractivity contribution < 1.29 is 0 Å². The minimum atomic E-state index is -0.315. The van der Waals surface area contributed by atoms with E-state index >= 15 is 0 Å². The molecule has 7 nitrogen and oxygen atoms in total. The van der Waals surface area contributed by atoms with Gasteiger partial charge in [0.15, 0.2) is 5.65 Å². The van der Waals surface area contributed by atoms with Crippen LogP contribution < -0.4 is 11.2 Å². The lowest BCUT2D eigenvalue weighted by Crippen LogP contribution is -2.40. The van der Waals surface area contributed by atoms with Crippen LogP contribution in [-0.4, -0.2) is 24.1 Å². The Hall–Kier alpha value is -2.96. The number of nitrogens with one attached hydrogen (secondary N) is 1. The van der Waals surface area contributed by atoms with Crippen LogP contribution in [0.4, 0.5) is 0 Å². The Labute approximate surface area is 144 Å². The summed E-state index contributed by atoms with van der Waals surface area (Å²) in [5, 5.41) is 0. The highest BCUT2D eigenvalue weighted by atomic mass is 16.2. The number of imidazole rings is 1. The predicted octanol–water partition coefficient (Wildman–Crippen LogP) is 2.27. The summed E-state index contributed by atoms with van der Waals surface area (Å²) in [6.45, 7) is 4.86. The Morgan fingerprint density at radius 2 is 1.72 bits per heavy atom. The van der Waals surface area contributed by atoms with Gasteiger partial charge in [0, 0.05) is 25.5 Å². The van der Waals surface area contributed by atoms with E-state index in [-0.39, 0.29) is 11.2 Å². The third kappa shape index (κ3) is 3.31. The number of fused-ring (bicyclic) bond motifs is 1. The standard InChI is InChI=1S/C18H21N5O2/c1-3-11-22-16-15(17(24)23(12-4-2)18(22)25)20-14(21-16)6-5-13-7-9-19-10-8-13/h5-10H,3-4,11-12H2,1-2H3,(H,20,21)/b6-5+. The first-order valence-electron chi connectivity index (χ1n) is 8.47. The fourth-order valence-corrected chi connectivity index (χ4v) is 2.76. The highest BCUT2D eigenvalue weighted by Gasteiger charge is 2.15. The SMILES string of the molecule is CCCn1c(=O)c2[nH]c(/C=C/c3ccncc3)nc2n(CCC)c1=O. The summed E-state index contributed by atoms with van der Waals surface area (Å²) >= 11 is 0. The molecule has 0 saturated carbocycles. The molecule has 0 atom stereocenters. The number of aryl methyl sites for hydroxylation is 1. The lowest BCUT2D eigenvalue weighted by Gasteiger charge is -2.09. The Balaban J connectivity index is 2.14. The highest BCUT2D eigenvalue weighted by Crippen LogP contribution is 2.10. The van der Waals surface area contributed by atoms with Gasteiger partial charge < -0.3 is 4.98 Å². The molecule has 3 rings (SSSR count). The second-order valence-corrected chi connectivity index (χ2v) is 5.83. The molecule has 3 aromatic rings. The number of pyridine rings is 1. The summed E-state index contributed by atoms with van der Waals surface area (Å²) in [5.41, 5.74) is 1.15. The smallest absolute Gasteiger partial charge is 0.332 e. The molecule has 3 aromatic heterocycles. The van der Waals surface area contributed by atoms with Crippen molar-refractivity contribution in [2.45, 2.75) is 39.8 Å². The molecule has 0 aromatic carbocycles. The molecule has 0 fully saturated rings. The minimum absolute atomic E-state index is 0.294. The van der Waals surface area contributed by atoms with Crippen LogP contribution in [0.1, 0.15) is 38.1 Å². The van der Waals surface area contributed by atoms with Crippen molar-refractivity contribution in [1.29, 1.82) is 0 Å². The zero-order chi connectivity index (χ0) is 17.8. The number of hydrogen-bond donors (Lipinski definition) is 1. The molecule has 0 unspecified atom stereocenters. The largest absolute Gasteiger partial charge is 0.333 e. The second kappa shape index (κ2) is 7.29. The summed E-state index contributed by atoms with van der Waals surface area (Å²) < 4.78 is 2.86. The first-order valence-corrected chi connectivity index (χ1v) is 8.47. The van der Waals surface area contributed by atoms with E-state index in [1.165, 1.54) is 4.57 Å². The molecule has 0 saturated heterocycles. The van der Waals surface area contributed by atoms with E-state index in [9.17, 15) is 9.59 Å². The van der Waals surface area contributed by atoms with Gasteiger partial charge in [0.05, 0.1) is 0 Å². The molecule has 0 spiro atoms. The van der Waals surface area contributed by atoms with Crippen LogP contribution in [0.25, 0.3) is 23.3 Å². The maximum atomic E-state index is 12.6. The topological polar surface area (TPSA) is 85.6 Å². The van der Waals surface area contributed by atoms with Crippen LogP contribution in [0.5, 0.6) is 0 Å². The molecule has 0 radical (unpaired) electrons. The van der Waals surface area contributed by atoms with Gasteiger partial charge in [0.2, 0.25) is 0 Å². The van der Waals surface area contributed by atoms with Crippen LogP contribution in [0.15, 0.2) is 34.1 Å². The van der Waals surface area contributed by atoms with Gasteiger partial charge in [-0.25, -0.2) is 9.78 Å². The lowest BCUT2D eigenvalue weighted by atomic mass is 10.2. The average molecular weight is 339 g/mol. The van der Waals surface area contributed by atoms with Gasteiger partial charge in [-0.2, -0.15) is 0 Å². The zero-order valence-electron chi connectivity index (χ0n) is 14.4. The monoisotopic (exact) mass is 339 g/mol. The van der Waals surface area contributed by atoms with Crippen LogP contribution in [0.3, 0.4) is 0 Å². The Morgan fingerprint density at radius 3 is 2.40 bits per heavy atom. The molecular weight excluding hydrogens is 318 g/mol. The van der Waals surface area contributed by atoms with E-state index in [0.29, 0.717) is 30.1 Å². The molecule has 0 amide bonds. The Morgan fingerprint density at radius 1 is 1.04 bits per heavy atom. The van der Waals surface area contributed by atoms with E-state index in [1.54, 1.807) is 23.0 Å². The number of hydrogen-bond acceptors (Lipinski definition) is 4. The maximum Gasteiger partial charge on any atom is 0.332 e. The van der Waals surface area contributed by atoms with Crippen LogP contribution in [0.2, 0.25) is 0 Å². The van der Waals surface area contributed by atoms with Gasteiger partial charge in [-0.3, -0.25) is 18.9 Å². The summed E-state index contributed by atoms with van der Waals surface area (Å²) in [7, 11) is 0. The molecule has 0 aliphatic rings. The molecule has 0 bridgehead atoms. The van der Waals surface area contributed by atoms with Crippen LogP contribution in [-0.2, 0) is 13.1 Å². The Bertz CT molecular complexity index is 1010. The van der Waals surface area contributed by atoms with Gasteiger partial charge in [0.1, 0.15) is 11.3 Å². The van der Waals surface area contributed by atoms with Crippen molar-refractivity contribution >= 4 is 23.3 Å². The van der Waals surface area contributed by atoms with Gasteiger partial charge in [-0.15, -0.1) is 0 Å². The number of nitrogens with zero attached hydrogens (tertiary/aromatic N) is 4. The van der Waals surface area contributed by atoms with E-state index in [4.69, 9.17) is 0 Å². The number of rotatable bonds is 6. The average Bonchev–Trinajstić information content (AvgIpc) is 3.06. The van der Waals surface area contributed by atoms with Gasteiger partial charge in [-0.1, -0.05) is 19.9 Å². The fourth-order valence-electron chi connectivity index (χ4n) is 2.76. The van der Waals surface area contributed by atoms with E-state index < -0.39 is 0 Å². The van der Waals surface area contributed by atoms with Crippen molar-refractivity contribution in [3.63, 3.8) is 0 Å². The maximum absolute atomic E-state index is 12.6. The summed E-state index contributed by atoms with van der Waals surface area (Å²) in [5.74, 6) is 0.544. The van der Waals surface area contributed by atoms with Crippen molar-refractivity contribution in [1.82, 2.24) is 24.1 Å². The van der Waals surface area contributed by atoms with E-state index in [0.717, 1.165) is 18.4 Å². The molecule has 130 valence electrons. The van der Waals surface area contributed by atoms with Gasteiger partial charge >= 0.3 is 5.69 Å². The molecule has 7 heteroatoms. The van der Waals surface area contributed by atoms with Crippen molar-refractivity contribution in [3.05, 3.63) is 56.8 Å². The lowest BCUT2D eigenvalue weighted by molar-refractivity contribution is 0.555. The van der Waals surface area contributed by atoms with E-state index in [1.807, 2.05) is 32.1 Å². The molecule has 0 aliphatic heterocycles. The molecule has 0 aliphatic carbocycles. The minimum Gasteiger partial charge on any atom is -0.333 e. The molecule has 25 heavy (non-hydrogen) atoms. The second-order valence-electron chi connectivity index (χ2n) is 5.83. The van der Waals surface area contributed by atoms with Crippen molar-refractivity contribution in [2.24, 2.45) is 0 Å². The zero-order valence-corrected chi connectivity index (χ0v) is 14.4. The summed E-state index contributed by atoms with van der Waals surface area (Å²) in [6, 6.07) is 3.75. The van der Waals surface area contributed by atoms with Crippen molar-refractivity contribution in [3.8, 4) is 0 Å². The summed E-state index contributed by atoms with van der Waals surface area (Å²) in [4.78, 5) is 36.7. The van der Waals surface area contributed by atoms with Gasteiger partial charge in [0.25, 0.3) is 5.56 Å². The Kier molecular flexibility index (Phi) is 4.92. The first-order chi connectivity index (χ1) is 12.2. The molecule has 1 N–H and O–H groups in total. The number of H-pyrrole nitrogens is 1. The predicted molar refractivity (Wildman–Crippen MR) is 98.4 cm³/mol. The first kappa shape index (κ1) is 16.9.